The zero-order chi connectivity index (χ0) is 19.3. The van der Waals surface area contributed by atoms with Crippen LogP contribution in [-0.4, -0.2) is 39.5 Å². The van der Waals surface area contributed by atoms with Gasteiger partial charge in [-0.05, 0) is 19.1 Å². The first kappa shape index (κ1) is 26.2. The van der Waals surface area contributed by atoms with E-state index in [1.54, 1.807) is 26.3 Å². The van der Waals surface area contributed by atoms with Crippen LogP contribution >= 0.6 is 0 Å². The summed E-state index contributed by atoms with van der Waals surface area (Å²) in [5, 5.41) is 14.2. The van der Waals surface area contributed by atoms with Gasteiger partial charge in [-0.15, -0.1) is 0 Å². The van der Waals surface area contributed by atoms with E-state index >= 15 is 0 Å². The standard InChI is InChI=1S/C6H7N.2C2HF3O2.H2N.Pt/c1-6-4-2-3-5-7-6;2*3-2(4,5)1(6)7;;/h2-5H,1H3;2*(H,6,7);1H2;/q;;;-1;+1. The van der Waals surface area contributed by atoms with Gasteiger partial charge in [0.25, 0.3) is 0 Å². The van der Waals surface area contributed by atoms with Gasteiger partial charge in [0.1, 0.15) is 0 Å². The van der Waals surface area contributed by atoms with Crippen LogP contribution in [0.2, 0.25) is 0 Å². The van der Waals surface area contributed by atoms with E-state index < -0.39 is 24.3 Å². The number of hydrogen-bond donors (Lipinski definition) is 3. The third kappa shape index (κ3) is 20.3. The molecule has 0 unspecified atom stereocenters. The Morgan fingerprint density at radius 3 is 1.39 bits per heavy atom. The van der Waals surface area contributed by atoms with Crippen molar-refractivity contribution in [2.24, 2.45) is 4.29 Å². The van der Waals surface area contributed by atoms with Crippen molar-refractivity contribution in [1.29, 1.82) is 0 Å². The van der Waals surface area contributed by atoms with Crippen LogP contribution in [-0.2, 0) is 29.7 Å². The number of aryl methyl sites for hydroxylation is 1. The Morgan fingerprint density at radius 1 is 1.00 bits per heavy atom. The first-order chi connectivity index (χ1) is 10.3. The van der Waals surface area contributed by atoms with Gasteiger partial charge in [0, 0.05) is 11.9 Å². The van der Waals surface area contributed by atoms with Crippen LogP contribution in [0.5, 0.6) is 0 Å². The fraction of sp³-hybridized carbons (Fsp3) is 0.300. The molecule has 1 aromatic rings. The summed E-state index contributed by atoms with van der Waals surface area (Å²) in [4.78, 5) is 21.8. The van der Waals surface area contributed by atoms with Gasteiger partial charge in [-0.1, -0.05) is 6.07 Å². The van der Waals surface area contributed by atoms with E-state index in [0.717, 1.165) is 5.69 Å². The Kier molecular flexibility index (Phi) is 14.6. The normalized spacial score (nSPS) is 9.83. The molecule has 0 amide bonds. The van der Waals surface area contributed by atoms with E-state index in [0.29, 0.717) is 0 Å². The number of carboxylic acids is 2. The number of rotatable bonds is 0. The number of aromatic nitrogens is 1. The average Bonchev–Trinajstić information content (AvgIpc) is 2.41. The molecule has 6 nitrogen and oxygen atoms in total. The van der Waals surface area contributed by atoms with Crippen LogP contribution in [0.15, 0.2) is 24.4 Å². The summed E-state index contributed by atoms with van der Waals surface area (Å²) in [6.07, 6.45) is -8.38. The van der Waals surface area contributed by atoms with Gasteiger partial charge in [-0.3, -0.25) is 4.98 Å². The van der Waals surface area contributed by atoms with Crippen LogP contribution < -0.4 is 4.29 Å². The van der Waals surface area contributed by atoms with Crippen LogP contribution in [0.3, 0.4) is 0 Å². The number of alkyl halides is 6. The maximum absolute atomic E-state index is 10.6. The topological polar surface area (TPSA) is 114 Å². The quantitative estimate of drug-likeness (QED) is 0.441. The summed E-state index contributed by atoms with van der Waals surface area (Å²) < 4.78 is 67.9. The summed E-state index contributed by atoms with van der Waals surface area (Å²) >= 11 is 1.64. The fourth-order valence-electron chi connectivity index (χ4n) is 0.448. The van der Waals surface area contributed by atoms with Crippen molar-refractivity contribution in [1.82, 2.24) is 4.98 Å². The summed E-state index contributed by atoms with van der Waals surface area (Å²) in [6.45, 7) is 1.97. The molecule has 0 aliphatic carbocycles. The number of hydrogen-bond acceptors (Lipinski definition) is 4. The number of carbonyl (C=O) groups is 2. The van der Waals surface area contributed by atoms with Crippen molar-refractivity contribution in [2.75, 3.05) is 0 Å². The minimum atomic E-state index is -5.08. The molecule has 23 heavy (non-hydrogen) atoms. The van der Waals surface area contributed by atoms with Crippen LogP contribution in [0.4, 0.5) is 26.3 Å². The number of carboxylic acid groups (broad SMARTS) is 2. The number of nitrogens with two attached hydrogens (primary N) is 1. The van der Waals surface area contributed by atoms with Crippen molar-refractivity contribution in [3.05, 3.63) is 30.1 Å². The summed E-state index contributed by atoms with van der Waals surface area (Å²) in [6, 6.07) is 5.86. The molecule has 13 heteroatoms. The van der Waals surface area contributed by atoms with Crippen molar-refractivity contribution < 1.29 is 66.2 Å². The monoisotopic (exact) mass is 532 g/mol. The second kappa shape index (κ2) is 12.8. The third-order valence-corrected chi connectivity index (χ3v) is 1.30. The second-order valence-corrected chi connectivity index (χ2v) is 3.08. The Bertz CT molecular complexity index is 429. The zero-order valence-corrected chi connectivity index (χ0v) is 13.4. The SMILES string of the molecule is Cc1ccccn1.O=C(O)C(F)(F)F.O=C(O)C(F)(F)F.[NH2][Pt]. The molecule has 1 aromatic heterocycles. The summed E-state index contributed by atoms with van der Waals surface area (Å²) in [7, 11) is 0. The van der Waals surface area contributed by atoms with E-state index in [9.17, 15) is 26.3 Å². The van der Waals surface area contributed by atoms with Gasteiger partial charge in [0.15, 0.2) is 0 Å². The van der Waals surface area contributed by atoms with Gasteiger partial charge in [-0.25, -0.2) is 9.59 Å². The first-order valence-corrected chi connectivity index (χ1v) is 6.25. The minimum absolute atomic E-state index is 1.07. The molecule has 0 bridgehead atoms. The van der Waals surface area contributed by atoms with E-state index in [-0.39, 0.29) is 0 Å². The number of pyridine rings is 1. The van der Waals surface area contributed by atoms with E-state index in [1.807, 2.05) is 25.1 Å². The molecule has 0 radical (unpaired) electrons. The molecule has 0 saturated heterocycles. The average molecular weight is 532 g/mol. The number of nitrogens with zero attached hydrogens (tertiary/aromatic N) is 1. The molecule has 1 heterocycles. The van der Waals surface area contributed by atoms with Crippen LogP contribution in [0.1, 0.15) is 5.69 Å². The maximum atomic E-state index is 10.6. The third-order valence-electron chi connectivity index (χ3n) is 1.30. The molecule has 1 rings (SSSR count). The van der Waals surface area contributed by atoms with E-state index in [1.165, 1.54) is 0 Å². The Morgan fingerprint density at radius 2 is 1.30 bits per heavy atom. The van der Waals surface area contributed by atoms with Crippen molar-refractivity contribution in [3.63, 3.8) is 0 Å². The number of halogens is 6. The van der Waals surface area contributed by atoms with Gasteiger partial charge in [0.05, 0.1) is 0 Å². The molecule has 0 spiro atoms. The van der Waals surface area contributed by atoms with Crippen molar-refractivity contribution >= 4 is 11.9 Å². The summed E-state index contributed by atoms with van der Waals surface area (Å²) in [5.74, 6) is -5.51. The Balaban J connectivity index is -0.000000247. The molecule has 0 saturated carbocycles. The molecule has 0 aromatic carbocycles. The molecule has 137 valence electrons. The molecule has 4 N–H and O–H groups in total. The summed E-state index contributed by atoms with van der Waals surface area (Å²) in [5.41, 5.74) is 1.07. The van der Waals surface area contributed by atoms with Gasteiger partial charge < -0.3 is 10.2 Å². The molecule has 0 atom stereocenters. The molecular formula is C10H11F6N2O4Pt. The second-order valence-electron chi connectivity index (χ2n) is 3.08. The Hall–Kier alpha value is -1.68. The zero-order valence-electron chi connectivity index (χ0n) is 11.1. The molecular weight excluding hydrogens is 521 g/mol. The predicted molar refractivity (Wildman–Crippen MR) is 60.5 cm³/mol. The van der Waals surface area contributed by atoms with E-state index in [4.69, 9.17) is 19.8 Å². The van der Waals surface area contributed by atoms with Crippen molar-refractivity contribution in [2.45, 2.75) is 19.3 Å². The van der Waals surface area contributed by atoms with E-state index in [2.05, 4.69) is 9.28 Å². The number of aliphatic carboxylic acids is 2. The van der Waals surface area contributed by atoms with Crippen molar-refractivity contribution in [3.8, 4) is 0 Å². The first-order valence-electron chi connectivity index (χ1n) is 4.94. The Labute approximate surface area is 137 Å². The molecule has 0 aliphatic rings. The van der Waals surface area contributed by atoms with Crippen LogP contribution in [0.25, 0.3) is 0 Å². The van der Waals surface area contributed by atoms with Gasteiger partial charge in [0.2, 0.25) is 0 Å². The van der Waals surface area contributed by atoms with Gasteiger partial charge in [-0.2, -0.15) is 26.3 Å². The predicted octanol–water partition coefficient (Wildman–Crippen LogP) is 2.06. The molecule has 0 aliphatic heterocycles. The van der Waals surface area contributed by atoms with Crippen LogP contribution in [0, 0.1) is 6.92 Å². The fourth-order valence-corrected chi connectivity index (χ4v) is 0.448. The van der Waals surface area contributed by atoms with Gasteiger partial charge >= 0.3 is 48.6 Å². The molecule has 0 fully saturated rings.